The van der Waals surface area contributed by atoms with Crippen LogP contribution in [-0.4, -0.2) is 46.9 Å². The molecule has 1 atom stereocenters. The molecule has 0 saturated carbocycles. The summed E-state index contributed by atoms with van der Waals surface area (Å²) in [4.78, 5) is 34.5. The molecule has 4 rings (SSSR count). The second-order valence-electron chi connectivity index (χ2n) is 6.77. The highest BCUT2D eigenvalue weighted by molar-refractivity contribution is 6.07. The smallest absolute Gasteiger partial charge is 0.316 e. The van der Waals surface area contributed by atoms with Crippen LogP contribution in [0, 0.1) is 11.7 Å². The molecule has 1 unspecified atom stereocenters. The largest absolute Gasteiger partial charge is 0.490 e. The van der Waals surface area contributed by atoms with Gasteiger partial charge in [-0.15, -0.1) is 5.10 Å². The van der Waals surface area contributed by atoms with Crippen LogP contribution >= 0.6 is 0 Å². The normalized spacial score (nSPS) is 16.3. The predicted molar refractivity (Wildman–Crippen MR) is 107 cm³/mol. The van der Waals surface area contributed by atoms with E-state index in [0.717, 1.165) is 5.56 Å². The van der Waals surface area contributed by atoms with Gasteiger partial charge in [0.1, 0.15) is 29.9 Å². The number of carbonyl (C=O) groups excluding carboxylic acids is 2. The van der Waals surface area contributed by atoms with Crippen molar-refractivity contribution in [2.24, 2.45) is 10.9 Å². The Hall–Kier alpha value is -3.88. The van der Waals surface area contributed by atoms with E-state index >= 15 is 0 Å². The summed E-state index contributed by atoms with van der Waals surface area (Å²) in [5.74, 6) is -1.02. The number of hydrogen-bond donors (Lipinski definition) is 1. The van der Waals surface area contributed by atoms with E-state index in [-0.39, 0.29) is 24.2 Å². The SMILES string of the molecule is CN1C(=O)C(C=NC(=O)c2n[nH]c(Cc3ccc(F)cc3)n2)COc2ccccc21. The van der Waals surface area contributed by atoms with Gasteiger partial charge in [-0.25, -0.2) is 14.4 Å². The Morgan fingerprint density at radius 1 is 1.30 bits per heavy atom. The number of nitrogens with zero attached hydrogens (tertiary/aromatic N) is 4. The van der Waals surface area contributed by atoms with Gasteiger partial charge in [0, 0.05) is 19.7 Å². The molecular weight excluding hydrogens is 389 g/mol. The number of carbonyl (C=O) groups is 2. The lowest BCUT2D eigenvalue weighted by Gasteiger charge is -2.17. The fraction of sp³-hybridized carbons (Fsp3) is 0.190. The quantitative estimate of drug-likeness (QED) is 0.670. The zero-order valence-corrected chi connectivity index (χ0v) is 16.1. The predicted octanol–water partition coefficient (Wildman–Crippen LogP) is 2.42. The second kappa shape index (κ2) is 8.24. The van der Waals surface area contributed by atoms with E-state index < -0.39 is 11.8 Å². The van der Waals surface area contributed by atoms with Crippen LogP contribution in [-0.2, 0) is 11.2 Å². The van der Waals surface area contributed by atoms with Gasteiger partial charge < -0.3 is 9.64 Å². The van der Waals surface area contributed by atoms with Crippen molar-refractivity contribution < 1.29 is 18.7 Å². The van der Waals surface area contributed by atoms with Gasteiger partial charge in [0.2, 0.25) is 11.7 Å². The van der Waals surface area contributed by atoms with E-state index in [0.29, 0.717) is 23.7 Å². The number of aromatic amines is 1. The molecule has 3 aromatic rings. The van der Waals surface area contributed by atoms with Crippen LogP contribution in [0.3, 0.4) is 0 Å². The number of ether oxygens (including phenoxy) is 1. The summed E-state index contributed by atoms with van der Waals surface area (Å²) in [6.07, 6.45) is 1.63. The third-order valence-electron chi connectivity index (χ3n) is 4.67. The molecule has 9 heteroatoms. The summed E-state index contributed by atoms with van der Waals surface area (Å²) in [7, 11) is 1.65. The number of aliphatic imine (C=N–C) groups is 1. The fourth-order valence-electron chi connectivity index (χ4n) is 3.06. The zero-order chi connectivity index (χ0) is 21.1. The van der Waals surface area contributed by atoms with Gasteiger partial charge in [-0.1, -0.05) is 24.3 Å². The highest BCUT2D eigenvalue weighted by Crippen LogP contribution is 2.30. The lowest BCUT2D eigenvalue weighted by molar-refractivity contribution is -0.120. The van der Waals surface area contributed by atoms with Crippen molar-refractivity contribution in [3.63, 3.8) is 0 Å². The number of rotatable bonds is 4. The second-order valence-corrected chi connectivity index (χ2v) is 6.77. The first-order valence-corrected chi connectivity index (χ1v) is 9.25. The third kappa shape index (κ3) is 4.09. The lowest BCUT2D eigenvalue weighted by Crippen LogP contribution is -2.34. The molecule has 1 aliphatic rings. The molecular formula is C21H18FN5O3. The number of nitrogens with one attached hydrogen (secondary N) is 1. The number of halogens is 1. The minimum Gasteiger partial charge on any atom is -0.490 e. The molecule has 0 spiro atoms. The summed E-state index contributed by atoms with van der Waals surface area (Å²) in [6, 6.07) is 13.2. The average Bonchev–Trinajstić information content (AvgIpc) is 3.19. The maximum absolute atomic E-state index is 13.0. The Bertz CT molecular complexity index is 1110. The number of fused-ring (bicyclic) bond motifs is 1. The van der Waals surface area contributed by atoms with Crippen LogP contribution in [0.25, 0.3) is 0 Å². The van der Waals surface area contributed by atoms with Crippen molar-refractivity contribution in [2.45, 2.75) is 6.42 Å². The van der Waals surface area contributed by atoms with E-state index in [1.807, 2.05) is 12.1 Å². The van der Waals surface area contributed by atoms with E-state index in [1.165, 1.54) is 23.2 Å². The minimum atomic E-state index is -0.719. The molecule has 1 aromatic heterocycles. The van der Waals surface area contributed by atoms with E-state index in [4.69, 9.17) is 4.74 Å². The molecule has 2 amide bonds. The molecule has 0 bridgehead atoms. The van der Waals surface area contributed by atoms with Crippen LogP contribution in [0.1, 0.15) is 22.0 Å². The number of H-pyrrole nitrogens is 1. The van der Waals surface area contributed by atoms with Gasteiger partial charge in [0.15, 0.2) is 0 Å². The number of anilines is 1. The number of benzene rings is 2. The lowest BCUT2D eigenvalue weighted by atomic mass is 10.1. The maximum Gasteiger partial charge on any atom is 0.316 e. The van der Waals surface area contributed by atoms with Gasteiger partial charge in [0.05, 0.1) is 5.69 Å². The number of hydrogen-bond acceptors (Lipinski definition) is 5. The van der Waals surface area contributed by atoms with Gasteiger partial charge in [-0.3, -0.25) is 14.7 Å². The molecule has 1 N–H and O–H groups in total. The Kier molecular flexibility index (Phi) is 5.34. The van der Waals surface area contributed by atoms with Crippen LogP contribution in [0.15, 0.2) is 53.5 Å². The third-order valence-corrected chi connectivity index (χ3v) is 4.67. The van der Waals surface area contributed by atoms with Crippen molar-refractivity contribution in [2.75, 3.05) is 18.6 Å². The van der Waals surface area contributed by atoms with Crippen molar-refractivity contribution in [3.8, 4) is 5.75 Å². The molecule has 1 aliphatic heterocycles. The number of para-hydroxylation sites is 2. The number of amides is 2. The Morgan fingerprint density at radius 3 is 2.87 bits per heavy atom. The van der Waals surface area contributed by atoms with E-state index in [9.17, 15) is 14.0 Å². The van der Waals surface area contributed by atoms with Gasteiger partial charge in [-0.05, 0) is 29.8 Å². The van der Waals surface area contributed by atoms with Crippen LogP contribution in [0.5, 0.6) is 5.75 Å². The summed E-state index contributed by atoms with van der Waals surface area (Å²) < 4.78 is 18.7. The molecule has 0 fully saturated rings. The highest BCUT2D eigenvalue weighted by atomic mass is 19.1. The molecule has 2 heterocycles. The van der Waals surface area contributed by atoms with Gasteiger partial charge in [0.25, 0.3) is 0 Å². The van der Waals surface area contributed by atoms with Gasteiger partial charge in [-0.2, -0.15) is 0 Å². The van der Waals surface area contributed by atoms with Crippen molar-refractivity contribution in [1.82, 2.24) is 15.2 Å². The standard InChI is InChI=1S/C21H18FN5O3/c1-27-16-4-2-3-5-17(16)30-12-14(21(27)29)11-23-20(28)19-24-18(25-26-19)10-13-6-8-15(22)9-7-13/h2-9,11,14H,10,12H2,1H3,(H,24,25,26). The van der Waals surface area contributed by atoms with E-state index in [1.54, 1.807) is 31.3 Å². The van der Waals surface area contributed by atoms with Crippen LogP contribution in [0.4, 0.5) is 10.1 Å². The Labute approximate surface area is 171 Å². The Morgan fingerprint density at radius 2 is 2.07 bits per heavy atom. The maximum atomic E-state index is 13.0. The first-order chi connectivity index (χ1) is 14.5. The topological polar surface area (TPSA) is 101 Å². The molecule has 0 radical (unpaired) electrons. The van der Waals surface area contributed by atoms with Crippen molar-refractivity contribution in [1.29, 1.82) is 0 Å². The van der Waals surface area contributed by atoms with Crippen molar-refractivity contribution >= 4 is 23.7 Å². The van der Waals surface area contributed by atoms with Crippen molar-refractivity contribution in [3.05, 3.63) is 71.6 Å². The average molecular weight is 407 g/mol. The summed E-state index contributed by atoms with van der Waals surface area (Å²) in [6.45, 7) is 0.0702. The minimum absolute atomic E-state index is 0.0702. The Balaban J connectivity index is 1.43. The molecule has 152 valence electrons. The van der Waals surface area contributed by atoms with Crippen LogP contribution < -0.4 is 9.64 Å². The van der Waals surface area contributed by atoms with Gasteiger partial charge >= 0.3 is 5.91 Å². The monoisotopic (exact) mass is 407 g/mol. The fourth-order valence-corrected chi connectivity index (χ4v) is 3.06. The first-order valence-electron chi connectivity index (χ1n) is 9.25. The highest BCUT2D eigenvalue weighted by Gasteiger charge is 2.28. The zero-order valence-electron chi connectivity index (χ0n) is 16.1. The summed E-state index contributed by atoms with van der Waals surface area (Å²) in [5, 5.41) is 6.55. The summed E-state index contributed by atoms with van der Waals surface area (Å²) in [5.41, 5.74) is 1.47. The molecule has 8 nitrogen and oxygen atoms in total. The van der Waals surface area contributed by atoms with Crippen LogP contribution in [0.2, 0.25) is 0 Å². The molecule has 0 aliphatic carbocycles. The molecule has 30 heavy (non-hydrogen) atoms. The molecule has 2 aromatic carbocycles. The number of aromatic nitrogens is 3. The summed E-state index contributed by atoms with van der Waals surface area (Å²) >= 11 is 0. The first kappa shape index (κ1) is 19.4. The molecule has 0 saturated heterocycles. The van der Waals surface area contributed by atoms with E-state index in [2.05, 4.69) is 20.2 Å².